The second-order valence-electron chi connectivity index (χ2n) is 6.61. The van der Waals surface area contributed by atoms with Crippen molar-refractivity contribution in [1.29, 1.82) is 0 Å². The normalized spacial score (nSPS) is 11.5. The highest BCUT2D eigenvalue weighted by Gasteiger charge is 2.18. The maximum Gasteiger partial charge on any atom is 0.223 e. The molecule has 118 valence electrons. The SMILES string of the molecule is CN(Cc1ccccc1)C(=O)CCc1nc(C(C)(C)C)cs1. The Morgan fingerprint density at radius 3 is 2.50 bits per heavy atom. The van der Waals surface area contributed by atoms with Crippen LogP contribution in [0.5, 0.6) is 0 Å². The van der Waals surface area contributed by atoms with Crippen molar-refractivity contribution < 1.29 is 4.79 Å². The van der Waals surface area contributed by atoms with Gasteiger partial charge in [0.1, 0.15) is 0 Å². The quantitative estimate of drug-likeness (QED) is 0.834. The van der Waals surface area contributed by atoms with Gasteiger partial charge in [-0.25, -0.2) is 4.98 Å². The molecule has 0 aliphatic carbocycles. The molecule has 0 aliphatic rings. The minimum Gasteiger partial charge on any atom is -0.341 e. The van der Waals surface area contributed by atoms with Crippen molar-refractivity contribution in [1.82, 2.24) is 9.88 Å². The molecule has 0 radical (unpaired) electrons. The van der Waals surface area contributed by atoms with Crippen LogP contribution in [0.1, 0.15) is 43.5 Å². The van der Waals surface area contributed by atoms with Crippen LogP contribution in [0, 0.1) is 0 Å². The van der Waals surface area contributed by atoms with Gasteiger partial charge < -0.3 is 4.90 Å². The van der Waals surface area contributed by atoms with Crippen LogP contribution >= 0.6 is 11.3 Å². The second kappa shape index (κ2) is 7.05. The van der Waals surface area contributed by atoms with E-state index in [0.717, 1.165) is 22.7 Å². The molecule has 3 nitrogen and oxygen atoms in total. The zero-order valence-electron chi connectivity index (χ0n) is 13.8. The van der Waals surface area contributed by atoms with Gasteiger partial charge in [0.15, 0.2) is 0 Å². The number of nitrogens with zero attached hydrogens (tertiary/aromatic N) is 2. The first-order valence-electron chi connectivity index (χ1n) is 7.59. The zero-order chi connectivity index (χ0) is 16.2. The summed E-state index contributed by atoms with van der Waals surface area (Å²) in [6.07, 6.45) is 1.24. The Hall–Kier alpha value is -1.68. The fraction of sp³-hybridized carbons (Fsp3) is 0.444. The first-order chi connectivity index (χ1) is 10.4. The summed E-state index contributed by atoms with van der Waals surface area (Å²) in [5.41, 5.74) is 2.34. The Labute approximate surface area is 137 Å². The summed E-state index contributed by atoms with van der Waals surface area (Å²) in [6, 6.07) is 10.1. The van der Waals surface area contributed by atoms with E-state index in [4.69, 9.17) is 0 Å². The third-order valence-corrected chi connectivity index (χ3v) is 4.47. The first kappa shape index (κ1) is 16.7. The lowest BCUT2D eigenvalue weighted by molar-refractivity contribution is -0.130. The smallest absolute Gasteiger partial charge is 0.223 e. The molecule has 1 amide bonds. The number of hydrogen-bond acceptors (Lipinski definition) is 3. The molecule has 0 atom stereocenters. The van der Waals surface area contributed by atoms with Crippen LogP contribution in [0.25, 0.3) is 0 Å². The van der Waals surface area contributed by atoms with Crippen molar-refractivity contribution in [2.45, 2.75) is 45.6 Å². The van der Waals surface area contributed by atoms with E-state index in [1.807, 2.05) is 37.4 Å². The Morgan fingerprint density at radius 1 is 1.23 bits per heavy atom. The molecular formula is C18H24N2OS. The van der Waals surface area contributed by atoms with Crippen LogP contribution in [0.3, 0.4) is 0 Å². The summed E-state index contributed by atoms with van der Waals surface area (Å²) in [5, 5.41) is 3.15. The van der Waals surface area contributed by atoms with Crippen LogP contribution in [-0.4, -0.2) is 22.8 Å². The number of amides is 1. The molecule has 0 unspecified atom stereocenters. The van der Waals surface area contributed by atoms with Crippen LogP contribution < -0.4 is 0 Å². The molecule has 1 aromatic carbocycles. The Balaban J connectivity index is 1.86. The highest BCUT2D eigenvalue weighted by Crippen LogP contribution is 2.24. The zero-order valence-corrected chi connectivity index (χ0v) is 14.6. The predicted molar refractivity (Wildman–Crippen MR) is 92.1 cm³/mol. The Bertz CT molecular complexity index is 614. The Kier molecular flexibility index (Phi) is 5.35. The van der Waals surface area contributed by atoms with Crippen LogP contribution in [0.4, 0.5) is 0 Å². The molecule has 0 spiro atoms. The van der Waals surface area contributed by atoms with Gasteiger partial charge in [-0.05, 0) is 5.56 Å². The third-order valence-electron chi connectivity index (χ3n) is 3.56. The first-order valence-corrected chi connectivity index (χ1v) is 8.47. The topological polar surface area (TPSA) is 33.2 Å². The van der Waals surface area contributed by atoms with Gasteiger partial charge in [0, 0.05) is 37.2 Å². The molecule has 1 aromatic heterocycles. The standard InChI is InChI=1S/C18H24N2OS/c1-18(2,3)15-13-22-16(19-15)10-11-17(21)20(4)12-14-8-6-5-7-9-14/h5-9,13H,10-12H2,1-4H3. The molecule has 2 rings (SSSR count). The van der Waals surface area contributed by atoms with Gasteiger partial charge in [-0.1, -0.05) is 51.1 Å². The summed E-state index contributed by atoms with van der Waals surface area (Å²) in [7, 11) is 1.86. The van der Waals surface area contributed by atoms with Gasteiger partial charge in [-0.3, -0.25) is 4.79 Å². The molecule has 4 heteroatoms. The average molecular weight is 316 g/mol. The number of aromatic nitrogens is 1. The highest BCUT2D eigenvalue weighted by atomic mass is 32.1. The number of benzene rings is 1. The number of aryl methyl sites for hydroxylation is 1. The number of thiazole rings is 1. The van der Waals surface area contributed by atoms with Crippen molar-refractivity contribution in [2.24, 2.45) is 0 Å². The minimum atomic E-state index is 0.0723. The van der Waals surface area contributed by atoms with Crippen molar-refractivity contribution in [3.8, 4) is 0 Å². The van der Waals surface area contributed by atoms with Crippen molar-refractivity contribution in [3.63, 3.8) is 0 Å². The monoisotopic (exact) mass is 316 g/mol. The summed E-state index contributed by atoms with van der Waals surface area (Å²) in [5.74, 6) is 0.163. The van der Waals surface area contributed by atoms with Gasteiger partial charge in [0.05, 0.1) is 10.7 Å². The van der Waals surface area contributed by atoms with Gasteiger partial charge in [0.2, 0.25) is 5.91 Å². The minimum absolute atomic E-state index is 0.0723. The van der Waals surface area contributed by atoms with E-state index in [9.17, 15) is 4.79 Å². The summed E-state index contributed by atoms with van der Waals surface area (Å²) >= 11 is 1.65. The van der Waals surface area contributed by atoms with E-state index >= 15 is 0 Å². The van der Waals surface area contributed by atoms with E-state index < -0.39 is 0 Å². The number of carbonyl (C=O) groups is 1. The number of hydrogen-bond donors (Lipinski definition) is 0. The van der Waals surface area contributed by atoms with Crippen molar-refractivity contribution in [3.05, 3.63) is 52.0 Å². The van der Waals surface area contributed by atoms with Gasteiger partial charge >= 0.3 is 0 Å². The molecule has 22 heavy (non-hydrogen) atoms. The van der Waals surface area contributed by atoms with E-state index in [-0.39, 0.29) is 11.3 Å². The van der Waals surface area contributed by atoms with Gasteiger partial charge in [-0.2, -0.15) is 0 Å². The van der Waals surface area contributed by atoms with Crippen LogP contribution in [0.2, 0.25) is 0 Å². The lowest BCUT2D eigenvalue weighted by Gasteiger charge is -2.17. The van der Waals surface area contributed by atoms with Crippen LogP contribution in [0.15, 0.2) is 35.7 Å². The largest absolute Gasteiger partial charge is 0.341 e. The molecule has 2 aromatic rings. The molecule has 0 N–H and O–H groups in total. The molecule has 1 heterocycles. The molecule has 0 bridgehead atoms. The maximum atomic E-state index is 12.2. The molecular weight excluding hydrogens is 292 g/mol. The fourth-order valence-corrected chi connectivity index (χ4v) is 3.15. The van der Waals surface area contributed by atoms with Gasteiger partial charge in [0.25, 0.3) is 0 Å². The van der Waals surface area contributed by atoms with E-state index in [1.54, 1.807) is 16.2 Å². The summed E-state index contributed by atoms with van der Waals surface area (Å²) in [6.45, 7) is 7.13. The highest BCUT2D eigenvalue weighted by molar-refractivity contribution is 7.09. The summed E-state index contributed by atoms with van der Waals surface area (Å²) < 4.78 is 0. The Morgan fingerprint density at radius 2 is 1.91 bits per heavy atom. The van der Waals surface area contributed by atoms with Gasteiger partial charge in [-0.15, -0.1) is 11.3 Å². The molecule has 0 fully saturated rings. The second-order valence-corrected chi connectivity index (χ2v) is 7.55. The molecule has 0 saturated carbocycles. The lowest BCUT2D eigenvalue weighted by atomic mass is 9.93. The van der Waals surface area contributed by atoms with Crippen LogP contribution in [-0.2, 0) is 23.2 Å². The maximum absolute atomic E-state index is 12.2. The van der Waals surface area contributed by atoms with E-state index in [0.29, 0.717) is 13.0 Å². The fourth-order valence-electron chi connectivity index (χ4n) is 2.12. The van der Waals surface area contributed by atoms with E-state index in [2.05, 4.69) is 31.1 Å². The molecule has 0 aliphatic heterocycles. The molecule has 0 saturated heterocycles. The average Bonchev–Trinajstić information content (AvgIpc) is 2.94. The summed E-state index contributed by atoms with van der Waals surface area (Å²) in [4.78, 5) is 18.7. The van der Waals surface area contributed by atoms with E-state index in [1.165, 1.54) is 0 Å². The number of rotatable bonds is 5. The van der Waals surface area contributed by atoms with Crippen molar-refractivity contribution >= 4 is 17.2 Å². The number of carbonyl (C=O) groups excluding carboxylic acids is 1. The predicted octanol–water partition coefficient (Wildman–Crippen LogP) is 4.03. The third kappa shape index (κ3) is 4.67. The lowest BCUT2D eigenvalue weighted by Crippen LogP contribution is -2.26. The van der Waals surface area contributed by atoms with Crippen molar-refractivity contribution in [2.75, 3.05) is 7.05 Å².